The fraction of sp³-hybridized carbons (Fsp3) is 0.400. The van der Waals surface area contributed by atoms with Gasteiger partial charge >= 0.3 is 0 Å². The molecule has 4 heteroatoms. The summed E-state index contributed by atoms with van der Waals surface area (Å²) in [6.45, 7) is 6.24. The predicted octanol–water partition coefficient (Wildman–Crippen LogP) is 2.82. The number of hydrogen-bond donors (Lipinski definition) is 1. The van der Waals surface area contributed by atoms with E-state index in [4.69, 9.17) is 12.2 Å². The van der Waals surface area contributed by atoms with Gasteiger partial charge in [-0.05, 0) is 18.9 Å². The van der Waals surface area contributed by atoms with Gasteiger partial charge in [-0.25, -0.2) is 9.50 Å². The quantitative estimate of drug-likeness (QED) is 0.729. The highest BCUT2D eigenvalue weighted by Gasteiger charge is 2.05. The second-order valence-corrected chi connectivity index (χ2v) is 4.21. The van der Waals surface area contributed by atoms with Crippen molar-refractivity contribution in [3.8, 4) is 0 Å². The highest BCUT2D eigenvalue weighted by Crippen LogP contribution is 2.14. The summed E-state index contributed by atoms with van der Waals surface area (Å²) in [5.74, 6) is 0.464. The Hall–Kier alpha value is -1.16. The van der Waals surface area contributed by atoms with Gasteiger partial charge in [-0.1, -0.05) is 26.1 Å². The monoisotopic (exact) mass is 207 g/mol. The zero-order valence-electron chi connectivity index (χ0n) is 8.53. The van der Waals surface area contributed by atoms with Gasteiger partial charge in [0.05, 0.1) is 0 Å². The summed E-state index contributed by atoms with van der Waals surface area (Å²) >= 11 is 5.23. The first-order chi connectivity index (χ1) is 6.58. The van der Waals surface area contributed by atoms with Crippen molar-refractivity contribution in [1.82, 2.24) is 14.6 Å². The molecule has 0 amide bonds. The second-order valence-electron chi connectivity index (χ2n) is 3.80. The number of rotatable bonds is 1. The Morgan fingerprint density at radius 1 is 1.43 bits per heavy atom. The molecule has 74 valence electrons. The summed E-state index contributed by atoms with van der Waals surface area (Å²) < 4.78 is 2.62. The predicted molar refractivity (Wildman–Crippen MR) is 59.2 cm³/mol. The molecule has 3 nitrogen and oxygen atoms in total. The first-order valence-electron chi connectivity index (χ1n) is 4.67. The van der Waals surface area contributed by atoms with Crippen molar-refractivity contribution in [2.45, 2.75) is 26.7 Å². The lowest BCUT2D eigenvalue weighted by Crippen LogP contribution is -1.94. The maximum Gasteiger partial charge on any atom is 0.154 e. The maximum atomic E-state index is 5.23. The van der Waals surface area contributed by atoms with Crippen LogP contribution in [0.3, 0.4) is 0 Å². The number of nitrogens with zero attached hydrogens (tertiary/aromatic N) is 2. The number of hydrogen-bond acceptors (Lipinski definition) is 2. The SMILES string of the molecule is Cc1cc(=S)n2[nH]c(C(C)C)cc2n1. The standard InChI is InChI=1S/C10H13N3S/c1-6(2)8-5-9-11-7(3)4-10(14)13(9)12-8/h4-6,12H,1-3H3. The van der Waals surface area contributed by atoms with Crippen LogP contribution in [0.4, 0.5) is 0 Å². The average Bonchev–Trinajstić information content (AvgIpc) is 2.47. The van der Waals surface area contributed by atoms with E-state index in [1.54, 1.807) is 0 Å². The highest BCUT2D eigenvalue weighted by atomic mass is 32.1. The molecule has 0 aliphatic rings. The molecule has 0 radical (unpaired) electrons. The normalized spacial score (nSPS) is 11.4. The summed E-state index contributed by atoms with van der Waals surface area (Å²) in [6, 6.07) is 3.94. The number of nitrogens with one attached hydrogen (secondary N) is 1. The van der Waals surface area contributed by atoms with Gasteiger partial charge < -0.3 is 0 Å². The van der Waals surface area contributed by atoms with Crippen molar-refractivity contribution < 1.29 is 0 Å². The number of fused-ring (bicyclic) bond motifs is 1. The summed E-state index contributed by atoms with van der Waals surface area (Å²) in [4.78, 5) is 4.40. The maximum absolute atomic E-state index is 5.23. The third kappa shape index (κ3) is 1.46. The lowest BCUT2D eigenvalue weighted by atomic mass is 10.1. The van der Waals surface area contributed by atoms with E-state index in [1.165, 1.54) is 0 Å². The van der Waals surface area contributed by atoms with Crippen LogP contribution in [0.2, 0.25) is 0 Å². The number of aromatic nitrogens is 3. The van der Waals surface area contributed by atoms with E-state index < -0.39 is 0 Å². The van der Waals surface area contributed by atoms with Crippen LogP contribution in [0, 0.1) is 11.6 Å². The van der Waals surface area contributed by atoms with E-state index in [9.17, 15) is 0 Å². The largest absolute Gasteiger partial charge is 0.295 e. The Kier molecular flexibility index (Phi) is 2.15. The molecule has 14 heavy (non-hydrogen) atoms. The lowest BCUT2D eigenvalue weighted by molar-refractivity contribution is 0.782. The van der Waals surface area contributed by atoms with Crippen molar-refractivity contribution in [1.29, 1.82) is 0 Å². The third-order valence-corrected chi connectivity index (χ3v) is 2.52. The number of aromatic amines is 1. The fourth-order valence-electron chi connectivity index (χ4n) is 1.42. The van der Waals surface area contributed by atoms with Crippen LogP contribution in [-0.4, -0.2) is 14.6 Å². The minimum Gasteiger partial charge on any atom is -0.295 e. The minimum atomic E-state index is 0.464. The summed E-state index contributed by atoms with van der Waals surface area (Å²) in [7, 11) is 0. The van der Waals surface area contributed by atoms with E-state index >= 15 is 0 Å². The van der Waals surface area contributed by atoms with Gasteiger partial charge in [0.2, 0.25) is 0 Å². The van der Waals surface area contributed by atoms with E-state index in [2.05, 4.69) is 23.9 Å². The molecule has 0 saturated carbocycles. The van der Waals surface area contributed by atoms with E-state index in [-0.39, 0.29) is 0 Å². The smallest absolute Gasteiger partial charge is 0.154 e. The Labute approximate surface area is 87.8 Å². The van der Waals surface area contributed by atoms with Gasteiger partial charge in [-0.2, -0.15) is 0 Å². The van der Waals surface area contributed by atoms with E-state index in [0.717, 1.165) is 21.7 Å². The molecule has 0 spiro atoms. The highest BCUT2D eigenvalue weighted by molar-refractivity contribution is 7.71. The van der Waals surface area contributed by atoms with Crippen LogP contribution >= 0.6 is 12.2 Å². The van der Waals surface area contributed by atoms with Gasteiger partial charge in [0.1, 0.15) is 4.64 Å². The molecular formula is C10H13N3S. The van der Waals surface area contributed by atoms with Gasteiger partial charge in [0.15, 0.2) is 5.65 Å². The molecule has 2 aromatic rings. The second kappa shape index (κ2) is 3.20. The van der Waals surface area contributed by atoms with Crippen LogP contribution in [0.25, 0.3) is 5.65 Å². The van der Waals surface area contributed by atoms with E-state index in [1.807, 2.05) is 23.6 Å². The summed E-state index contributed by atoms with van der Waals surface area (Å²) in [5.41, 5.74) is 3.03. The molecule has 0 fully saturated rings. The molecule has 0 aromatic carbocycles. The molecular weight excluding hydrogens is 194 g/mol. The van der Waals surface area contributed by atoms with Crippen molar-refractivity contribution in [3.05, 3.63) is 28.2 Å². The third-order valence-electron chi connectivity index (χ3n) is 2.22. The molecule has 0 aliphatic heterocycles. The molecule has 2 rings (SSSR count). The molecule has 1 N–H and O–H groups in total. The van der Waals surface area contributed by atoms with Gasteiger partial charge in [-0.15, -0.1) is 0 Å². The molecule has 0 bridgehead atoms. The molecule has 0 unspecified atom stereocenters. The Morgan fingerprint density at radius 2 is 2.14 bits per heavy atom. The summed E-state index contributed by atoms with van der Waals surface area (Å²) in [6.07, 6.45) is 0. The molecule has 2 heterocycles. The minimum absolute atomic E-state index is 0.464. The Bertz CT molecular complexity index is 522. The topological polar surface area (TPSA) is 33.1 Å². The number of H-pyrrole nitrogens is 1. The lowest BCUT2D eigenvalue weighted by Gasteiger charge is -1.98. The molecule has 0 aliphatic carbocycles. The zero-order valence-corrected chi connectivity index (χ0v) is 9.35. The Morgan fingerprint density at radius 3 is 2.79 bits per heavy atom. The van der Waals surface area contributed by atoms with Crippen molar-refractivity contribution in [3.63, 3.8) is 0 Å². The van der Waals surface area contributed by atoms with Crippen molar-refractivity contribution in [2.24, 2.45) is 0 Å². The first-order valence-corrected chi connectivity index (χ1v) is 5.08. The van der Waals surface area contributed by atoms with Gasteiger partial charge in [0.25, 0.3) is 0 Å². The number of aryl methyl sites for hydroxylation is 1. The fourth-order valence-corrected chi connectivity index (χ4v) is 1.73. The first kappa shape index (κ1) is 9.40. The summed E-state index contributed by atoms with van der Waals surface area (Å²) in [5, 5.41) is 3.24. The van der Waals surface area contributed by atoms with Crippen LogP contribution in [0.15, 0.2) is 12.1 Å². The van der Waals surface area contributed by atoms with Crippen LogP contribution < -0.4 is 0 Å². The van der Waals surface area contributed by atoms with Crippen LogP contribution in [-0.2, 0) is 0 Å². The van der Waals surface area contributed by atoms with Gasteiger partial charge in [0, 0.05) is 17.5 Å². The average molecular weight is 207 g/mol. The van der Waals surface area contributed by atoms with Crippen LogP contribution in [0.5, 0.6) is 0 Å². The zero-order chi connectivity index (χ0) is 10.3. The van der Waals surface area contributed by atoms with Crippen LogP contribution in [0.1, 0.15) is 31.2 Å². The van der Waals surface area contributed by atoms with Gasteiger partial charge in [-0.3, -0.25) is 5.10 Å². The van der Waals surface area contributed by atoms with E-state index in [0.29, 0.717) is 5.92 Å². The van der Waals surface area contributed by atoms with Crippen molar-refractivity contribution in [2.75, 3.05) is 0 Å². The Balaban J connectivity index is 2.77. The van der Waals surface area contributed by atoms with Crippen molar-refractivity contribution >= 4 is 17.9 Å². The molecule has 0 saturated heterocycles. The molecule has 0 atom stereocenters. The molecule has 2 aromatic heterocycles.